The molecule has 3 heterocycles. The standard InChI is InChI=1S/C15H20N4O/c1-20-12-13-8-18(10-14-4-2-3-5-16-14)11-15-17-6-7-19(15)9-13/h2-7,13H,8-12H2,1H3. The van der Waals surface area contributed by atoms with Crippen molar-refractivity contribution in [2.24, 2.45) is 5.92 Å². The first kappa shape index (κ1) is 13.3. The van der Waals surface area contributed by atoms with Gasteiger partial charge in [0.05, 0.1) is 18.8 Å². The van der Waals surface area contributed by atoms with Gasteiger partial charge in [0, 0.05) is 51.3 Å². The molecule has 0 aliphatic carbocycles. The minimum Gasteiger partial charge on any atom is -0.384 e. The average molecular weight is 272 g/mol. The zero-order valence-electron chi connectivity index (χ0n) is 11.8. The fraction of sp³-hybridized carbons (Fsp3) is 0.467. The first-order chi connectivity index (χ1) is 9.85. The molecule has 1 aliphatic rings. The van der Waals surface area contributed by atoms with Gasteiger partial charge in [0.1, 0.15) is 5.82 Å². The van der Waals surface area contributed by atoms with Crippen LogP contribution in [0.15, 0.2) is 36.8 Å². The van der Waals surface area contributed by atoms with Crippen molar-refractivity contribution in [3.63, 3.8) is 0 Å². The number of pyridine rings is 1. The van der Waals surface area contributed by atoms with E-state index in [2.05, 4.69) is 31.7 Å². The number of rotatable bonds is 4. The number of fused-ring (bicyclic) bond motifs is 1. The van der Waals surface area contributed by atoms with Gasteiger partial charge in [0.25, 0.3) is 0 Å². The van der Waals surface area contributed by atoms with Gasteiger partial charge < -0.3 is 9.30 Å². The Balaban J connectivity index is 1.76. The third kappa shape index (κ3) is 3.05. The van der Waals surface area contributed by atoms with E-state index in [1.165, 1.54) is 0 Å². The number of imidazole rings is 1. The van der Waals surface area contributed by atoms with E-state index in [0.29, 0.717) is 5.92 Å². The Labute approximate surface area is 119 Å². The molecule has 20 heavy (non-hydrogen) atoms. The third-order valence-corrected chi connectivity index (χ3v) is 3.65. The second kappa shape index (κ2) is 6.15. The number of methoxy groups -OCH3 is 1. The Kier molecular flexibility index (Phi) is 4.08. The fourth-order valence-electron chi connectivity index (χ4n) is 2.81. The molecule has 1 atom stereocenters. The monoisotopic (exact) mass is 272 g/mol. The number of nitrogens with zero attached hydrogens (tertiary/aromatic N) is 4. The Bertz CT molecular complexity index is 540. The summed E-state index contributed by atoms with van der Waals surface area (Å²) in [6.07, 6.45) is 5.78. The third-order valence-electron chi connectivity index (χ3n) is 3.65. The molecule has 2 aromatic rings. The molecule has 0 bridgehead atoms. The van der Waals surface area contributed by atoms with Crippen LogP contribution in [0.2, 0.25) is 0 Å². The van der Waals surface area contributed by atoms with E-state index in [0.717, 1.165) is 44.3 Å². The van der Waals surface area contributed by atoms with Crippen molar-refractivity contribution < 1.29 is 4.74 Å². The highest BCUT2D eigenvalue weighted by Crippen LogP contribution is 2.17. The van der Waals surface area contributed by atoms with Crippen LogP contribution in [-0.4, -0.2) is 39.7 Å². The summed E-state index contributed by atoms with van der Waals surface area (Å²) in [5, 5.41) is 0. The van der Waals surface area contributed by atoms with Crippen molar-refractivity contribution in [2.75, 3.05) is 20.3 Å². The SMILES string of the molecule is COCC1CN(Cc2ccccn2)Cc2nccn2C1. The molecular formula is C15H20N4O. The largest absolute Gasteiger partial charge is 0.384 e. The van der Waals surface area contributed by atoms with E-state index >= 15 is 0 Å². The predicted molar refractivity (Wildman–Crippen MR) is 75.9 cm³/mol. The quantitative estimate of drug-likeness (QED) is 0.847. The Morgan fingerprint density at radius 2 is 2.20 bits per heavy atom. The van der Waals surface area contributed by atoms with Crippen LogP contribution in [0.3, 0.4) is 0 Å². The summed E-state index contributed by atoms with van der Waals surface area (Å²) in [6.45, 7) is 4.48. The maximum Gasteiger partial charge on any atom is 0.122 e. The van der Waals surface area contributed by atoms with E-state index in [9.17, 15) is 0 Å². The summed E-state index contributed by atoms with van der Waals surface area (Å²) < 4.78 is 7.59. The smallest absolute Gasteiger partial charge is 0.122 e. The van der Waals surface area contributed by atoms with Crippen LogP contribution in [0.4, 0.5) is 0 Å². The van der Waals surface area contributed by atoms with Gasteiger partial charge in [-0.3, -0.25) is 9.88 Å². The van der Waals surface area contributed by atoms with Crippen molar-refractivity contribution in [3.8, 4) is 0 Å². The molecule has 3 rings (SSSR count). The van der Waals surface area contributed by atoms with Gasteiger partial charge in [0.2, 0.25) is 0 Å². The van der Waals surface area contributed by atoms with E-state index in [4.69, 9.17) is 4.74 Å². The second-order valence-electron chi connectivity index (χ2n) is 5.31. The summed E-state index contributed by atoms with van der Waals surface area (Å²) in [6, 6.07) is 6.06. The molecule has 0 amide bonds. The van der Waals surface area contributed by atoms with Gasteiger partial charge in [-0.15, -0.1) is 0 Å². The normalized spacial score (nSPS) is 19.6. The summed E-state index contributed by atoms with van der Waals surface area (Å²) in [5.41, 5.74) is 1.10. The maximum absolute atomic E-state index is 5.35. The van der Waals surface area contributed by atoms with Crippen molar-refractivity contribution in [1.82, 2.24) is 19.4 Å². The van der Waals surface area contributed by atoms with Crippen molar-refractivity contribution >= 4 is 0 Å². The van der Waals surface area contributed by atoms with Crippen LogP contribution < -0.4 is 0 Å². The molecule has 0 saturated heterocycles. The maximum atomic E-state index is 5.35. The van der Waals surface area contributed by atoms with Crippen LogP contribution in [0, 0.1) is 5.92 Å². The highest BCUT2D eigenvalue weighted by molar-refractivity contribution is 5.04. The minimum absolute atomic E-state index is 0.485. The zero-order chi connectivity index (χ0) is 13.8. The highest BCUT2D eigenvalue weighted by atomic mass is 16.5. The molecule has 1 aliphatic heterocycles. The lowest BCUT2D eigenvalue weighted by Gasteiger charge is -2.22. The minimum atomic E-state index is 0.485. The molecule has 0 saturated carbocycles. The summed E-state index contributed by atoms with van der Waals surface area (Å²) in [5.74, 6) is 1.61. The van der Waals surface area contributed by atoms with Gasteiger partial charge in [-0.05, 0) is 12.1 Å². The van der Waals surface area contributed by atoms with E-state index in [1.54, 1.807) is 7.11 Å². The molecule has 0 spiro atoms. The lowest BCUT2D eigenvalue weighted by molar-refractivity contribution is 0.115. The molecule has 1 unspecified atom stereocenters. The lowest BCUT2D eigenvalue weighted by Crippen LogP contribution is -2.30. The molecule has 2 aromatic heterocycles. The average Bonchev–Trinajstić information content (AvgIpc) is 2.81. The van der Waals surface area contributed by atoms with Gasteiger partial charge in [0.15, 0.2) is 0 Å². The molecule has 0 radical (unpaired) electrons. The van der Waals surface area contributed by atoms with Crippen LogP contribution in [0.5, 0.6) is 0 Å². The van der Waals surface area contributed by atoms with Gasteiger partial charge >= 0.3 is 0 Å². The van der Waals surface area contributed by atoms with Crippen molar-refractivity contribution in [2.45, 2.75) is 19.6 Å². The zero-order valence-corrected chi connectivity index (χ0v) is 11.8. The summed E-state index contributed by atoms with van der Waals surface area (Å²) >= 11 is 0. The number of aromatic nitrogens is 3. The molecule has 0 fully saturated rings. The number of ether oxygens (including phenoxy) is 1. The Morgan fingerprint density at radius 1 is 1.25 bits per heavy atom. The molecule has 5 heteroatoms. The number of hydrogen-bond acceptors (Lipinski definition) is 4. The van der Waals surface area contributed by atoms with Gasteiger partial charge in [-0.25, -0.2) is 4.98 Å². The van der Waals surface area contributed by atoms with Gasteiger partial charge in [-0.2, -0.15) is 0 Å². The Hall–Kier alpha value is -1.72. The van der Waals surface area contributed by atoms with Crippen molar-refractivity contribution in [1.29, 1.82) is 0 Å². The highest BCUT2D eigenvalue weighted by Gasteiger charge is 2.22. The molecule has 0 aromatic carbocycles. The topological polar surface area (TPSA) is 43.2 Å². The summed E-state index contributed by atoms with van der Waals surface area (Å²) in [7, 11) is 1.77. The molecule has 106 valence electrons. The van der Waals surface area contributed by atoms with Crippen LogP contribution >= 0.6 is 0 Å². The summed E-state index contributed by atoms with van der Waals surface area (Å²) in [4.78, 5) is 11.3. The van der Waals surface area contributed by atoms with Gasteiger partial charge in [-0.1, -0.05) is 6.07 Å². The first-order valence-electron chi connectivity index (χ1n) is 6.96. The second-order valence-corrected chi connectivity index (χ2v) is 5.31. The van der Waals surface area contributed by atoms with E-state index in [-0.39, 0.29) is 0 Å². The molecule has 0 N–H and O–H groups in total. The molecule has 5 nitrogen and oxygen atoms in total. The molecular weight excluding hydrogens is 252 g/mol. The van der Waals surface area contributed by atoms with E-state index in [1.807, 2.05) is 24.5 Å². The van der Waals surface area contributed by atoms with Crippen LogP contribution in [-0.2, 0) is 24.4 Å². The number of hydrogen-bond donors (Lipinski definition) is 0. The van der Waals surface area contributed by atoms with Crippen molar-refractivity contribution in [3.05, 3.63) is 48.3 Å². The Morgan fingerprint density at radius 3 is 3.00 bits per heavy atom. The van der Waals surface area contributed by atoms with E-state index < -0.39 is 0 Å². The predicted octanol–water partition coefficient (Wildman–Crippen LogP) is 1.56. The lowest BCUT2D eigenvalue weighted by atomic mass is 10.1. The van der Waals surface area contributed by atoms with Crippen LogP contribution in [0.25, 0.3) is 0 Å². The fourth-order valence-corrected chi connectivity index (χ4v) is 2.81. The first-order valence-corrected chi connectivity index (χ1v) is 6.96. The van der Waals surface area contributed by atoms with Crippen LogP contribution in [0.1, 0.15) is 11.5 Å².